The van der Waals surface area contributed by atoms with Crippen LogP contribution in [0.15, 0.2) is 24.3 Å². The fourth-order valence-electron chi connectivity index (χ4n) is 1.79. The number of rotatable bonds is 5. The van der Waals surface area contributed by atoms with E-state index in [1.807, 2.05) is 0 Å². The Kier molecular flexibility index (Phi) is 5.43. The predicted molar refractivity (Wildman–Crippen MR) is 79.1 cm³/mol. The molecule has 1 aromatic rings. The second kappa shape index (κ2) is 6.69. The number of benzene rings is 1. The van der Waals surface area contributed by atoms with Gasteiger partial charge in [0.25, 0.3) is 0 Å². The van der Waals surface area contributed by atoms with E-state index in [2.05, 4.69) is 0 Å². The van der Waals surface area contributed by atoms with Gasteiger partial charge in [-0.15, -0.1) is 0 Å². The maximum absolute atomic E-state index is 12.8. The molecule has 1 rings (SSSR count). The Labute approximate surface area is 126 Å². The van der Waals surface area contributed by atoms with E-state index in [4.69, 9.17) is 17.3 Å². The van der Waals surface area contributed by atoms with Gasteiger partial charge in [-0.05, 0) is 31.2 Å². The van der Waals surface area contributed by atoms with E-state index in [0.717, 1.165) is 18.0 Å². The molecule has 0 aliphatic heterocycles. The molecule has 0 aliphatic carbocycles. The summed E-state index contributed by atoms with van der Waals surface area (Å²) in [6.45, 7) is 3.00. The van der Waals surface area contributed by atoms with Crippen molar-refractivity contribution < 1.29 is 18.0 Å². The quantitative estimate of drug-likeness (QED) is 0.440. The zero-order chi connectivity index (χ0) is 17.1. The number of carbonyl (C=O) groups is 1. The van der Waals surface area contributed by atoms with E-state index < -0.39 is 18.0 Å². The number of primary amides is 1. The summed E-state index contributed by atoms with van der Waals surface area (Å²) in [5, 5.41) is 1.16. The lowest BCUT2D eigenvalue weighted by molar-refractivity contribution is -0.156. The number of amides is 1. The van der Waals surface area contributed by atoms with Gasteiger partial charge in [-0.25, -0.2) is 5.84 Å². The molecule has 0 radical (unpaired) electrons. The maximum Gasteiger partial charge on any atom is 0.394 e. The summed E-state index contributed by atoms with van der Waals surface area (Å²) in [4.78, 5) is 11.1. The van der Waals surface area contributed by atoms with Gasteiger partial charge in [-0.2, -0.15) is 13.2 Å². The molecular formula is C14H19F3N4O. The molecule has 0 saturated heterocycles. The van der Waals surface area contributed by atoms with Crippen LogP contribution in [0.3, 0.4) is 0 Å². The molecule has 0 saturated carbocycles. The largest absolute Gasteiger partial charge is 0.398 e. The van der Waals surface area contributed by atoms with Gasteiger partial charge in [0.1, 0.15) is 0 Å². The van der Waals surface area contributed by atoms with Crippen molar-refractivity contribution in [2.45, 2.75) is 20.0 Å². The highest BCUT2D eigenvalue weighted by Crippen LogP contribution is 2.32. The van der Waals surface area contributed by atoms with Crippen molar-refractivity contribution in [3.63, 3.8) is 0 Å². The monoisotopic (exact) mass is 316 g/mol. The molecule has 0 bridgehead atoms. The Morgan fingerprint density at radius 3 is 2.41 bits per heavy atom. The summed E-state index contributed by atoms with van der Waals surface area (Å²) < 4.78 is 38.3. The number of nitrogen functional groups attached to an aromatic ring is 1. The van der Waals surface area contributed by atoms with Crippen molar-refractivity contribution in [2.75, 3.05) is 12.3 Å². The van der Waals surface area contributed by atoms with Crippen LogP contribution in [-0.2, 0) is 0 Å². The molecule has 1 atom stereocenters. The first kappa shape index (κ1) is 17.8. The van der Waals surface area contributed by atoms with E-state index in [-0.39, 0.29) is 23.5 Å². The van der Waals surface area contributed by atoms with Crippen LogP contribution in [0.4, 0.5) is 18.9 Å². The molecule has 0 fully saturated rings. The SMILES string of the molecule is CCN(N)/C(=C\C(C)C(F)(F)F)c1ccc(C(N)=O)cc1N. The van der Waals surface area contributed by atoms with Crippen molar-refractivity contribution in [3.8, 4) is 0 Å². The van der Waals surface area contributed by atoms with Crippen LogP contribution in [0.2, 0.25) is 0 Å². The van der Waals surface area contributed by atoms with E-state index >= 15 is 0 Å². The van der Waals surface area contributed by atoms with Crippen molar-refractivity contribution in [1.29, 1.82) is 0 Å². The van der Waals surface area contributed by atoms with Crippen molar-refractivity contribution >= 4 is 17.3 Å². The Hall–Kier alpha value is -2.22. The number of carbonyl (C=O) groups excluding carboxylic acids is 1. The number of hydrazine groups is 1. The first-order chi connectivity index (χ1) is 10.1. The van der Waals surface area contributed by atoms with E-state index in [0.29, 0.717) is 5.56 Å². The summed E-state index contributed by atoms with van der Waals surface area (Å²) in [5.41, 5.74) is 11.7. The van der Waals surface area contributed by atoms with Gasteiger partial charge in [-0.1, -0.05) is 6.92 Å². The van der Waals surface area contributed by atoms with Crippen LogP contribution in [-0.4, -0.2) is 23.6 Å². The van der Waals surface area contributed by atoms with Crippen molar-refractivity contribution in [3.05, 3.63) is 35.4 Å². The number of nitrogens with two attached hydrogens (primary N) is 3. The molecule has 1 aromatic carbocycles. The maximum atomic E-state index is 12.8. The standard InChI is InChI=1S/C14H19F3N4O/c1-3-21(20)12(6-8(2)14(15,16)17)10-5-4-9(13(19)22)7-11(10)18/h4-8H,3,18,20H2,1-2H3,(H2,19,22)/b12-6-. The molecule has 0 aromatic heterocycles. The molecule has 1 amide bonds. The van der Waals surface area contributed by atoms with Gasteiger partial charge in [-0.3, -0.25) is 4.79 Å². The third kappa shape index (κ3) is 4.14. The minimum Gasteiger partial charge on any atom is -0.398 e. The fraction of sp³-hybridized carbons (Fsp3) is 0.357. The lowest BCUT2D eigenvalue weighted by Gasteiger charge is -2.24. The Bertz CT molecular complexity index is 584. The number of halogens is 3. The Morgan fingerprint density at radius 1 is 1.41 bits per heavy atom. The van der Waals surface area contributed by atoms with Gasteiger partial charge in [0.05, 0.1) is 11.6 Å². The zero-order valence-corrected chi connectivity index (χ0v) is 12.3. The minimum atomic E-state index is -4.39. The molecule has 6 N–H and O–H groups in total. The molecule has 8 heteroatoms. The topological polar surface area (TPSA) is 98.4 Å². The van der Waals surface area contributed by atoms with Gasteiger partial charge in [0.15, 0.2) is 0 Å². The highest BCUT2D eigenvalue weighted by molar-refractivity contribution is 5.94. The number of hydrogen-bond donors (Lipinski definition) is 3. The fourth-order valence-corrected chi connectivity index (χ4v) is 1.79. The van der Waals surface area contributed by atoms with Gasteiger partial charge in [0, 0.05) is 23.4 Å². The average molecular weight is 316 g/mol. The predicted octanol–water partition coefficient (Wildman–Crippen LogP) is 2.10. The van der Waals surface area contributed by atoms with Gasteiger partial charge >= 0.3 is 6.18 Å². The van der Waals surface area contributed by atoms with Crippen molar-refractivity contribution in [2.24, 2.45) is 17.5 Å². The van der Waals surface area contributed by atoms with E-state index in [9.17, 15) is 18.0 Å². The molecule has 0 heterocycles. The van der Waals surface area contributed by atoms with Crippen LogP contribution in [0.5, 0.6) is 0 Å². The van der Waals surface area contributed by atoms with E-state index in [1.165, 1.54) is 18.2 Å². The van der Waals surface area contributed by atoms with Gasteiger partial charge < -0.3 is 16.5 Å². The first-order valence-electron chi connectivity index (χ1n) is 6.58. The number of allylic oxidation sites excluding steroid dienone is 1. The van der Waals surface area contributed by atoms with Crippen LogP contribution >= 0.6 is 0 Å². The first-order valence-corrected chi connectivity index (χ1v) is 6.58. The summed E-state index contributed by atoms with van der Waals surface area (Å²) >= 11 is 0. The highest BCUT2D eigenvalue weighted by atomic mass is 19.4. The third-order valence-corrected chi connectivity index (χ3v) is 3.19. The second-order valence-electron chi connectivity index (χ2n) is 4.83. The molecule has 122 valence electrons. The normalized spacial score (nSPS) is 13.8. The third-order valence-electron chi connectivity index (χ3n) is 3.19. The Morgan fingerprint density at radius 2 is 2.00 bits per heavy atom. The molecule has 22 heavy (non-hydrogen) atoms. The number of alkyl halides is 3. The smallest absolute Gasteiger partial charge is 0.394 e. The summed E-state index contributed by atoms with van der Waals surface area (Å²) in [5.74, 6) is 3.39. The second-order valence-corrected chi connectivity index (χ2v) is 4.83. The van der Waals surface area contributed by atoms with E-state index in [1.54, 1.807) is 6.92 Å². The number of nitrogens with zero attached hydrogens (tertiary/aromatic N) is 1. The van der Waals surface area contributed by atoms with Gasteiger partial charge in [0.2, 0.25) is 5.91 Å². The average Bonchev–Trinajstić information content (AvgIpc) is 2.42. The summed E-state index contributed by atoms with van der Waals surface area (Å²) in [6.07, 6.45) is -3.39. The molecule has 0 aliphatic rings. The Balaban J connectivity index is 3.35. The summed E-state index contributed by atoms with van der Waals surface area (Å²) in [6, 6.07) is 4.14. The zero-order valence-electron chi connectivity index (χ0n) is 12.3. The van der Waals surface area contributed by atoms with Crippen LogP contribution < -0.4 is 17.3 Å². The van der Waals surface area contributed by atoms with Crippen molar-refractivity contribution in [1.82, 2.24) is 5.01 Å². The highest BCUT2D eigenvalue weighted by Gasteiger charge is 2.35. The minimum absolute atomic E-state index is 0.126. The molecular weight excluding hydrogens is 297 g/mol. The molecule has 5 nitrogen and oxygen atoms in total. The van der Waals surface area contributed by atoms with Crippen LogP contribution in [0.25, 0.3) is 5.70 Å². The number of hydrogen-bond acceptors (Lipinski definition) is 4. The summed E-state index contributed by atoms with van der Waals surface area (Å²) in [7, 11) is 0. The van der Waals surface area contributed by atoms with Crippen LogP contribution in [0, 0.1) is 5.92 Å². The lowest BCUT2D eigenvalue weighted by Crippen LogP contribution is -2.31. The lowest BCUT2D eigenvalue weighted by atomic mass is 10.0. The molecule has 1 unspecified atom stereocenters. The molecule has 0 spiro atoms. The van der Waals surface area contributed by atoms with Crippen LogP contribution in [0.1, 0.15) is 29.8 Å². The number of anilines is 1.